The van der Waals surface area contributed by atoms with Crippen LogP contribution in [0, 0.1) is 0 Å². The molecule has 0 spiro atoms. The zero-order valence-electron chi connectivity index (χ0n) is 10.7. The van der Waals surface area contributed by atoms with Gasteiger partial charge in [0.1, 0.15) is 0 Å². The highest BCUT2D eigenvalue weighted by Gasteiger charge is 2.32. The van der Waals surface area contributed by atoms with Crippen molar-refractivity contribution in [1.29, 1.82) is 0 Å². The molecule has 17 heavy (non-hydrogen) atoms. The number of likely N-dealkylation sites (tertiary alicyclic amines) is 1. The number of hydrogen-bond donors (Lipinski definition) is 2. The Balaban J connectivity index is 2.07. The molecule has 2 rings (SSSR count). The third kappa shape index (κ3) is 3.19. The molecule has 0 saturated carbocycles. The van der Waals surface area contributed by atoms with E-state index in [-0.39, 0.29) is 11.9 Å². The van der Waals surface area contributed by atoms with Gasteiger partial charge in [0.15, 0.2) is 0 Å². The van der Waals surface area contributed by atoms with E-state index in [1.807, 2.05) is 0 Å². The minimum atomic E-state index is 0.0733. The second-order valence-electron chi connectivity index (χ2n) is 5.28. The van der Waals surface area contributed by atoms with E-state index >= 15 is 0 Å². The number of rotatable bonds is 2. The predicted molar refractivity (Wildman–Crippen MR) is 68.7 cm³/mol. The van der Waals surface area contributed by atoms with Crippen LogP contribution in [-0.4, -0.2) is 42.5 Å². The van der Waals surface area contributed by atoms with Crippen molar-refractivity contribution in [1.82, 2.24) is 10.2 Å². The van der Waals surface area contributed by atoms with Gasteiger partial charge in [-0.25, -0.2) is 0 Å². The molecule has 0 radical (unpaired) electrons. The van der Waals surface area contributed by atoms with E-state index in [2.05, 4.69) is 10.2 Å². The van der Waals surface area contributed by atoms with Crippen LogP contribution in [0.1, 0.15) is 44.9 Å². The summed E-state index contributed by atoms with van der Waals surface area (Å²) in [6.07, 6.45) is 8.16. The van der Waals surface area contributed by atoms with Crippen LogP contribution in [0.4, 0.5) is 0 Å². The van der Waals surface area contributed by atoms with E-state index in [9.17, 15) is 4.79 Å². The van der Waals surface area contributed by atoms with Crippen LogP contribution in [0.5, 0.6) is 0 Å². The molecule has 4 nitrogen and oxygen atoms in total. The van der Waals surface area contributed by atoms with Crippen LogP contribution in [0.3, 0.4) is 0 Å². The standard InChI is InChI=1S/C13H25N3O/c14-10-11-6-2-1-5-9-16(11)12-7-3-4-8-15-13(12)17/h11-12H,1-10,14H2,(H,15,17). The minimum absolute atomic E-state index is 0.0733. The number of nitrogens with one attached hydrogen (secondary N) is 1. The Hall–Kier alpha value is -0.610. The molecule has 2 atom stereocenters. The third-order valence-corrected chi connectivity index (χ3v) is 4.10. The molecular weight excluding hydrogens is 214 g/mol. The maximum Gasteiger partial charge on any atom is 0.237 e. The molecule has 1 amide bonds. The maximum atomic E-state index is 12.1. The second kappa shape index (κ2) is 6.36. The average molecular weight is 239 g/mol. The summed E-state index contributed by atoms with van der Waals surface area (Å²) in [6, 6.07) is 0.482. The van der Waals surface area contributed by atoms with E-state index in [0.717, 1.165) is 38.8 Å². The molecule has 0 aliphatic carbocycles. The summed E-state index contributed by atoms with van der Waals surface area (Å²) in [5.74, 6) is 0.225. The molecule has 98 valence electrons. The van der Waals surface area contributed by atoms with Gasteiger partial charge >= 0.3 is 0 Å². The molecule has 2 heterocycles. The lowest BCUT2D eigenvalue weighted by Gasteiger charge is -2.34. The molecule has 2 fully saturated rings. The van der Waals surface area contributed by atoms with Crippen molar-refractivity contribution < 1.29 is 4.79 Å². The van der Waals surface area contributed by atoms with Crippen LogP contribution >= 0.6 is 0 Å². The normalized spacial score (nSPS) is 32.6. The van der Waals surface area contributed by atoms with Gasteiger partial charge < -0.3 is 11.1 Å². The Kier molecular flexibility index (Phi) is 4.80. The first-order valence-electron chi connectivity index (χ1n) is 7.06. The van der Waals surface area contributed by atoms with Crippen LogP contribution in [0.15, 0.2) is 0 Å². The van der Waals surface area contributed by atoms with E-state index in [0.29, 0.717) is 12.6 Å². The SMILES string of the molecule is NCC1CCCCCN1C1CCCCNC1=O. The van der Waals surface area contributed by atoms with Crippen LogP contribution in [-0.2, 0) is 4.79 Å². The Morgan fingerprint density at radius 2 is 2.00 bits per heavy atom. The van der Waals surface area contributed by atoms with Crippen molar-refractivity contribution in [2.45, 2.75) is 57.0 Å². The third-order valence-electron chi connectivity index (χ3n) is 4.10. The number of hydrogen-bond acceptors (Lipinski definition) is 3. The Morgan fingerprint density at radius 1 is 1.18 bits per heavy atom. The summed E-state index contributed by atoms with van der Waals surface area (Å²) in [6.45, 7) is 2.57. The predicted octanol–water partition coefficient (Wildman–Crippen LogP) is 0.858. The van der Waals surface area contributed by atoms with Gasteiger partial charge in [0.2, 0.25) is 5.91 Å². The van der Waals surface area contributed by atoms with Gasteiger partial charge in [0.05, 0.1) is 6.04 Å². The summed E-state index contributed by atoms with van der Waals surface area (Å²) in [5.41, 5.74) is 5.88. The number of nitrogens with zero attached hydrogens (tertiary/aromatic N) is 1. The van der Waals surface area contributed by atoms with Crippen molar-refractivity contribution in [3.63, 3.8) is 0 Å². The van der Waals surface area contributed by atoms with E-state index < -0.39 is 0 Å². The van der Waals surface area contributed by atoms with Crippen LogP contribution < -0.4 is 11.1 Å². The smallest absolute Gasteiger partial charge is 0.237 e. The summed E-state index contributed by atoms with van der Waals surface area (Å²) >= 11 is 0. The van der Waals surface area contributed by atoms with Crippen molar-refractivity contribution in [3.05, 3.63) is 0 Å². The van der Waals surface area contributed by atoms with Crippen LogP contribution in [0.25, 0.3) is 0 Å². The summed E-state index contributed by atoms with van der Waals surface area (Å²) in [5, 5.41) is 3.04. The quantitative estimate of drug-likeness (QED) is 0.751. The fourth-order valence-electron chi connectivity index (χ4n) is 3.10. The fraction of sp³-hybridized carbons (Fsp3) is 0.923. The van der Waals surface area contributed by atoms with Gasteiger partial charge in [-0.15, -0.1) is 0 Å². The molecule has 3 N–H and O–H groups in total. The monoisotopic (exact) mass is 239 g/mol. The molecule has 2 aliphatic heterocycles. The minimum Gasteiger partial charge on any atom is -0.355 e. The van der Waals surface area contributed by atoms with Crippen molar-refractivity contribution in [2.75, 3.05) is 19.6 Å². The van der Waals surface area contributed by atoms with Gasteiger partial charge in [-0.2, -0.15) is 0 Å². The maximum absolute atomic E-state index is 12.1. The number of amides is 1. The van der Waals surface area contributed by atoms with Crippen molar-refractivity contribution in [2.24, 2.45) is 5.73 Å². The number of nitrogens with two attached hydrogens (primary N) is 1. The first kappa shape index (κ1) is 12.8. The highest BCUT2D eigenvalue weighted by Crippen LogP contribution is 2.22. The zero-order chi connectivity index (χ0) is 12.1. The van der Waals surface area contributed by atoms with Gasteiger partial charge in [0, 0.05) is 19.1 Å². The molecule has 0 bridgehead atoms. The molecule has 0 aromatic heterocycles. The molecule has 4 heteroatoms. The highest BCUT2D eigenvalue weighted by molar-refractivity contribution is 5.82. The lowest BCUT2D eigenvalue weighted by atomic mass is 10.0. The van der Waals surface area contributed by atoms with Crippen LogP contribution in [0.2, 0.25) is 0 Å². The molecule has 2 unspecified atom stereocenters. The second-order valence-corrected chi connectivity index (χ2v) is 5.28. The molecular formula is C13H25N3O. The van der Waals surface area contributed by atoms with Crippen molar-refractivity contribution >= 4 is 5.91 Å². The number of carbonyl (C=O) groups is 1. The molecule has 2 saturated heterocycles. The zero-order valence-corrected chi connectivity index (χ0v) is 10.7. The highest BCUT2D eigenvalue weighted by atomic mass is 16.2. The van der Waals surface area contributed by atoms with Crippen molar-refractivity contribution in [3.8, 4) is 0 Å². The summed E-state index contributed by atoms with van der Waals surface area (Å²) in [7, 11) is 0. The van der Waals surface area contributed by atoms with Gasteiger partial charge in [0.25, 0.3) is 0 Å². The Morgan fingerprint density at radius 3 is 2.82 bits per heavy atom. The van der Waals surface area contributed by atoms with Gasteiger partial charge in [-0.1, -0.05) is 12.8 Å². The first-order valence-corrected chi connectivity index (χ1v) is 7.06. The lowest BCUT2D eigenvalue weighted by Crippen LogP contribution is -2.52. The first-order chi connectivity index (χ1) is 8.33. The van der Waals surface area contributed by atoms with Gasteiger partial charge in [-0.05, 0) is 38.6 Å². The average Bonchev–Trinajstić information content (AvgIpc) is 2.68. The van der Waals surface area contributed by atoms with Gasteiger partial charge in [-0.3, -0.25) is 9.69 Å². The topological polar surface area (TPSA) is 58.4 Å². The van der Waals surface area contributed by atoms with E-state index in [1.165, 1.54) is 19.3 Å². The Labute approximate surface area is 104 Å². The largest absolute Gasteiger partial charge is 0.355 e. The lowest BCUT2D eigenvalue weighted by molar-refractivity contribution is -0.127. The summed E-state index contributed by atoms with van der Waals surface area (Å²) in [4.78, 5) is 14.5. The van der Waals surface area contributed by atoms with E-state index in [4.69, 9.17) is 5.73 Å². The molecule has 2 aliphatic rings. The van der Waals surface area contributed by atoms with E-state index in [1.54, 1.807) is 0 Å². The summed E-state index contributed by atoms with van der Waals surface area (Å²) < 4.78 is 0. The molecule has 0 aromatic carbocycles. The Bertz CT molecular complexity index is 257. The number of carbonyl (C=O) groups excluding carboxylic acids is 1. The molecule has 0 aromatic rings. The fourth-order valence-corrected chi connectivity index (χ4v) is 3.10.